The predicted octanol–water partition coefficient (Wildman–Crippen LogP) is 7.29. The number of nitriles is 1. The van der Waals surface area contributed by atoms with Gasteiger partial charge in [-0.2, -0.15) is 5.26 Å². The number of rotatable bonds is 5. The van der Waals surface area contributed by atoms with Crippen molar-refractivity contribution in [3.63, 3.8) is 0 Å². The number of nitrogens with one attached hydrogen (secondary N) is 1. The molecule has 3 aromatic rings. The fourth-order valence-electron chi connectivity index (χ4n) is 3.82. The van der Waals surface area contributed by atoms with Gasteiger partial charge in [0.05, 0.1) is 5.57 Å². The average molecular weight is 451 g/mol. The summed E-state index contributed by atoms with van der Waals surface area (Å²) < 4.78 is 0. The Balaban J connectivity index is 1.90. The summed E-state index contributed by atoms with van der Waals surface area (Å²) in [6.45, 7) is 12.5. The van der Waals surface area contributed by atoms with Crippen molar-refractivity contribution >= 4 is 11.5 Å². The number of carbonyl (C=O) groups excluding carboxylic acids is 1. The summed E-state index contributed by atoms with van der Waals surface area (Å²) in [6.07, 6.45) is 0.833. The molecular weight excluding hydrogens is 416 g/mol. The van der Waals surface area contributed by atoms with E-state index >= 15 is 0 Å². The number of amides is 1. The molecule has 0 unspecified atom stereocenters. The highest BCUT2D eigenvalue weighted by atomic mass is 16.1. The van der Waals surface area contributed by atoms with Crippen molar-refractivity contribution in [3.8, 4) is 6.07 Å². The lowest BCUT2D eigenvalue weighted by molar-refractivity contribution is 0.0958. The molecule has 3 nitrogen and oxygen atoms in total. The summed E-state index contributed by atoms with van der Waals surface area (Å²) >= 11 is 0. The van der Waals surface area contributed by atoms with E-state index in [4.69, 9.17) is 0 Å². The molecule has 0 spiro atoms. The van der Waals surface area contributed by atoms with Crippen LogP contribution in [0.25, 0.3) is 5.57 Å². The molecule has 0 saturated heterocycles. The molecule has 0 atom stereocenters. The molecule has 0 aliphatic carbocycles. The molecule has 174 valence electrons. The van der Waals surface area contributed by atoms with Crippen molar-refractivity contribution in [2.24, 2.45) is 5.41 Å². The SMILES string of the molecule is CC(C)(C)/C(NC(=O)c1ccc(C(C)(C)C)cc1)=C(\C#N)c1ccc(Cc2ccccc2)cc1. The van der Waals surface area contributed by atoms with E-state index in [0.717, 1.165) is 12.0 Å². The van der Waals surface area contributed by atoms with Gasteiger partial charge in [0.1, 0.15) is 6.07 Å². The zero-order valence-electron chi connectivity index (χ0n) is 21.1. The van der Waals surface area contributed by atoms with Gasteiger partial charge in [-0.25, -0.2) is 0 Å². The van der Waals surface area contributed by atoms with Gasteiger partial charge in [0, 0.05) is 16.7 Å². The molecule has 1 amide bonds. The lowest BCUT2D eigenvalue weighted by atomic mass is 9.85. The summed E-state index contributed by atoms with van der Waals surface area (Å²) in [6, 6.07) is 28.4. The summed E-state index contributed by atoms with van der Waals surface area (Å²) in [5.41, 5.74) is 5.66. The summed E-state index contributed by atoms with van der Waals surface area (Å²) in [4.78, 5) is 13.1. The first-order valence-electron chi connectivity index (χ1n) is 11.7. The third-order valence-electron chi connectivity index (χ3n) is 5.86. The average Bonchev–Trinajstić information content (AvgIpc) is 2.79. The molecule has 3 aromatic carbocycles. The zero-order valence-corrected chi connectivity index (χ0v) is 21.1. The Labute approximate surface area is 204 Å². The van der Waals surface area contributed by atoms with E-state index in [0.29, 0.717) is 16.8 Å². The summed E-state index contributed by atoms with van der Waals surface area (Å²) in [5, 5.41) is 13.1. The molecule has 0 fully saturated rings. The maximum absolute atomic E-state index is 13.1. The first kappa shape index (κ1) is 25.0. The number of hydrogen-bond donors (Lipinski definition) is 1. The van der Waals surface area contributed by atoms with Gasteiger partial charge in [-0.15, -0.1) is 0 Å². The van der Waals surface area contributed by atoms with Crippen LogP contribution < -0.4 is 5.32 Å². The molecule has 0 saturated carbocycles. The Morgan fingerprint density at radius 3 is 1.79 bits per heavy atom. The standard InChI is InChI=1S/C31H34N2O/c1-30(2,3)26-18-16-25(17-19-26)29(34)33-28(31(4,5)6)27(21-32)24-14-12-23(13-15-24)20-22-10-8-7-9-11-22/h7-19H,20H2,1-6H3,(H,33,34)/b28-27-. The van der Waals surface area contributed by atoms with Crippen LogP contribution in [0.4, 0.5) is 0 Å². The third kappa shape index (κ3) is 6.23. The van der Waals surface area contributed by atoms with Crippen LogP contribution in [0.3, 0.4) is 0 Å². The zero-order chi connectivity index (χ0) is 24.9. The first-order chi connectivity index (χ1) is 16.0. The molecule has 0 radical (unpaired) electrons. The van der Waals surface area contributed by atoms with E-state index in [9.17, 15) is 10.1 Å². The van der Waals surface area contributed by atoms with Gasteiger partial charge in [0.25, 0.3) is 5.91 Å². The minimum Gasteiger partial charge on any atom is -0.324 e. The topological polar surface area (TPSA) is 52.9 Å². The monoisotopic (exact) mass is 450 g/mol. The van der Waals surface area contributed by atoms with Crippen LogP contribution >= 0.6 is 0 Å². The van der Waals surface area contributed by atoms with Gasteiger partial charge in [0.15, 0.2) is 0 Å². The largest absolute Gasteiger partial charge is 0.324 e. The highest BCUT2D eigenvalue weighted by Crippen LogP contribution is 2.31. The molecule has 0 bridgehead atoms. The normalized spacial score (nSPS) is 12.5. The van der Waals surface area contributed by atoms with E-state index in [1.54, 1.807) is 0 Å². The second-order valence-corrected chi connectivity index (χ2v) is 10.8. The van der Waals surface area contributed by atoms with Crippen molar-refractivity contribution in [2.75, 3.05) is 0 Å². The maximum Gasteiger partial charge on any atom is 0.255 e. The van der Waals surface area contributed by atoms with Gasteiger partial charge in [0.2, 0.25) is 0 Å². The van der Waals surface area contributed by atoms with Crippen molar-refractivity contribution in [1.82, 2.24) is 5.32 Å². The Kier molecular flexibility index (Phi) is 7.42. The van der Waals surface area contributed by atoms with Gasteiger partial charge in [-0.1, -0.05) is 108 Å². The van der Waals surface area contributed by atoms with Gasteiger partial charge < -0.3 is 5.32 Å². The number of carbonyl (C=O) groups is 1. The Hall–Kier alpha value is -3.64. The maximum atomic E-state index is 13.1. The number of nitrogens with zero attached hydrogens (tertiary/aromatic N) is 1. The van der Waals surface area contributed by atoms with Crippen LogP contribution in [0.15, 0.2) is 84.6 Å². The lowest BCUT2D eigenvalue weighted by Crippen LogP contribution is -2.31. The quantitative estimate of drug-likeness (QED) is 0.415. The van der Waals surface area contributed by atoms with Crippen molar-refractivity contribution in [1.29, 1.82) is 5.26 Å². The van der Waals surface area contributed by atoms with Crippen LogP contribution in [-0.4, -0.2) is 5.91 Å². The number of allylic oxidation sites excluding steroid dienone is 2. The first-order valence-corrected chi connectivity index (χ1v) is 11.7. The second-order valence-electron chi connectivity index (χ2n) is 10.8. The van der Waals surface area contributed by atoms with Crippen molar-refractivity contribution in [2.45, 2.75) is 53.4 Å². The molecule has 1 N–H and O–H groups in total. The predicted molar refractivity (Wildman–Crippen MR) is 140 cm³/mol. The van der Waals surface area contributed by atoms with Gasteiger partial charge in [-0.3, -0.25) is 4.79 Å². The van der Waals surface area contributed by atoms with Crippen LogP contribution in [0.5, 0.6) is 0 Å². The van der Waals surface area contributed by atoms with E-state index in [-0.39, 0.29) is 11.3 Å². The van der Waals surface area contributed by atoms with Crippen LogP contribution in [-0.2, 0) is 11.8 Å². The molecule has 0 aliphatic rings. The van der Waals surface area contributed by atoms with Crippen molar-refractivity contribution in [3.05, 3.63) is 112 Å². The molecule has 34 heavy (non-hydrogen) atoms. The fourth-order valence-corrected chi connectivity index (χ4v) is 3.82. The van der Waals surface area contributed by atoms with E-state index in [2.05, 4.69) is 44.3 Å². The fraction of sp³-hybridized carbons (Fsp3) is 0.290. The van der Waals surface area contributed by atoms with Gasteiger partial charge >= 0.3 is 0 Å². The smallest absolute Gasteiger partial charge is 0.255 e. The number of benzene rings is 3. The van der Waals surface area contributed by atoms with E-state index < -0.39 is 5.41 Å². The highest BCUT2D eigenvalue weighted by Gasteiger charge is 2.25. The third-order valence-corrected chi connectivity index (χ3v) is 5.86. The second kappa shape index (κ2) is 10.1. The Morgan fingerprint density at radius 1 is 0.765 bits per heavy atom. The van der Waals surface area contributed by atoms with Crippen molar-refractivity contribution < 1.29 is 4.79 Å². The number of hydrogen-bond acceptors (Lipinski definition) is 2. The summed E-state index contributed by atoms with van der Waals surface area (Å²) in [7, 11) is 0. The Morgan fingerprint density at radius 2 is 1.29 bits per heavy atom. The minimum atomic E-state index is -0.422. The molecule has 0 aliphatic heterocycles. The van der Waals surface area contributed by atoms with E-state index in [1.807, 2.05) is 87.5 Å². The minimum absolute atomic E-state index is 0.0200. The highest BCUT2D eigenvalue weighted by molar-refractivity contribution is 5.97. The van der Waals surface area contributed by atoms with Gasteiger partial charge in [-0.05, 0) is 46.2 Å². The lowest BCUT2D eigenvalue weighted by Gasteiger charge is -2.26. The van der Waals surface area contributed by atoms with Crippen LogP contribution in [0.1, 0.15) is 74.2 Å². The molecule has 3 heteroatoms. The molecule has 0 heterocycles. The van der Waals surface area contributed by atoms with Crippen LogP contribution in [0.2, 0.25) is 0 Å². The molecule has 0 aromatic heterocycles. The van der Waals surface area contributed by atoms with Crippen LogP contribution in [0, 0.1) is 16.7 Å². The molecular formula is C31H34N2O. The molecule has 3 rings (SSSR count). The summed E-state index contributed by atoms with van der Waals surface area (Å²) in [5.74, 6) is -0.209. The Bertz CT molecular complexity index is 1200. The van der Waals surface area contributed by atoms with E-state index in [1.165, 1.54) is 16.7 Å².